The number of nitrogens with one attached hydrogen (secondary N) is 1. The first kappa shape index (κ1) is 14.6. The first-order chi connectivity index (χ1) is 12.3. The summed E-state index contributed by atoms with van der Waals surface area (Å²) in [6.45, 7) is 0.699. The highest BCUT2D eigenvalue weighted by Crippen LogP contribution is 2.34. The Bertz CT molecular complexity index is 924. The van der Waals surface area contributed by atoms with Gasteiger partial charge in [0.1, 0.15) is 0 Å². The molecule has 2 aliphatic rings. The second kappa shape index (κ2) is 5.68. The summed E-state index contributed by atoms with van der Waals surface area (Å²) in [6, 6.07) is 6.23. The van der Waals surface area contributed by atoms with E-state index in [1.807, 2.05) is 23.1 Å². The highest BCUT2D eigenvalue weighted by Gasteiger charge is 2.38. The number of fused-ring (bicyclic) bond motifs is 1. The third-order valence-corrected chi connectivity index (χ3v) is 5.39. The minimum absolute atomic E-state index is 0.00485. The smallest absolute Gasteiger partial charge is 0.232 e. The fraction of sp³-hybridized carbons (Fsp3) is 0.444. The number of imidazole rings is 1. The maximum atomic E-state index is 12.4. The zero-order valence-electron chi connectivity index (χ0n) is 13.8. The summed E-state index contributed by atoms with van der Waals surface area (Å²) in [5.41, 5.74) is 2.72. The van der Waals surface area contributed by atoms with E-state index in [9.17, 15) is 4.79 Å². The van der Waals surface area contributed by atoms with Crippen molar-refractivity contribution < 1.29 is 9.32 Å². The zero-order chi connectivity index (χ0) is 16.8. The summed E-state index contributed by atoms with van der Waals surface area (Å²) in [5, 5.41) is 4.12. The lowest BCUT2D eigenvalue weighted by atomic mass is 10.1. The standard InChI is InChI=1S/C18H19N5O2/c24-16-8-12(9-23(16)13-3-1-2-4-13)18-21-17(22-25-18)11-5-6-14-15(7-11)20-10-19-14/h5-7,10,12-13H,1-4,8-9H2,(H,19,20). The minimum atomic E-state index is 0.00485. The molecule has 7 nitrogen and oxygen atoms in total. The number of carbonyl (C=O) groups is 1. The van der Waals surface area contributed by atoms with E-state index in [0.29, 0.717) is 30.7 Å². The third kappa shape index (κ3) is 2.50. The molecule has 1 N–H and O–H groups in total. The van der Waals surface area contributed by atoms with E-state index in [1.165, 1.54) is 12.8 Å². The van der Waals surface area contributed by atoms with Gasteiger partial charge in [-0.3, -0.25) is 4.79 Å². The number of aromatic nitrogens is 4. The van der Waals surface area contributed by atoms with Crippen molar-refractivity contribution in [2.75, 3.05) is 6.54 Å². The minimum Gasteiger partial charge on any atom is -0.345 e. The molecule has 1 unspecified atom stereocenters. The molecule has 1 saturated heterocycles. The lowest BCUT2D eigenvalue weighted by Gasteiger charge is -2.23. The van der Waals surface area contributed by atoms with Crippen molar-refractivity contribution in [3.05, 3.63) is 30.4 Å². The van der Waals surface area contributed by atoms with E-state index in [4.69, 9.17) is 4.52 Å². The van der Waals surface area contributed by atoms with Crippen LogP contribution in [-0.4, -0.2) is 43.5 Å². The van der Waals surface area contributed by atoms with Crippen LogP contribution in [0.2, 0.25) is 0 Å². The topological polar surface area (TPSA) is 87.9 Å². The predicted molar refractivity (Wildman–Crippen MR) is 90.7 cm³/mol. The summed E-state index contributed by atoms with van der Waals surface area (Å²) >= 11 is 0. The Labute approximate surface area is 144 Å². The number of H-pyrrole nitrogens is 1. The SMILES string of the molecule is O=C1CC(c2nc(-c3ccc4nc[nH]c4c3)no2)CN1C1CCCC1. The van der Waals surface area contributed by atoms with Crippen LogP contribution in [-0.2, 0) is 4.79 Å². The first-order valence-electron chi connectivity index (χ1n) is 8.84. The molecule has 0 spiro atoms. The maximum Gasteiger partial charge on any atom is 0.232 e. The molecule has 1 aliphatic heterocycles. The maximum absolute atomic E-state index is 12.4. The summed E-state index contributed by atoms with van der Waals surface area (Å²) in [6.07, 6.45) is 6.82. The van der Waals surface area contributed by atoms with Crippen molar-refractivity contribution in [1.29, 1.82) is 0 Å². The van der Waals surface area contributed by atoms with Crippen LogP contribution in [0.5, 0.6) is 0 Å². The average molecular weight is 337 g/mol. The van der Waals surface area contributed by atoms with Gasteiger partial charge in [0.15, 0.2) is 0 Å². The molecule has 7 heteroatoms. The molecule has 3 aromatic rings. The largest absolute Gasteiger partial charge is 0.345 e. The molecule has 5 rings (SSSR count). The Morgan fingerprint density at radius 1 is 1.24 bits per heavy atom. The van der Waals surface area contributed by atoms with Gasteiger partial charge >= 0.3 is 0 Å². The van der Waals surface area contributed by atoms with Gasteiger partial charge in [-0.1, -0.05) is 18.0 Å². The fourth-order valence-electron chi connectivity index (χ4n) is 4.06. The van der Waals surface area contributed by atoms with E-state index >= 15 is 0 Å². The molecule has 0 radical (unpaired) electrons. The lowest BCUT2D eigenvalue weighted by molar-refractivity contribution is -0.129. The molecule has 1 aromatic carbocycles. The molecule has 2 aromatic heterocycles. The van der Waals surface area contributed by atoms with Gasteiger partial charge in [-0.15, -0.1) is 0 Å². The quantitative estimate of drug-likeness (QED) is 0.794. The Hall–Kier alpha value is -2.70. The number of benzene rings is 1. The number of nitrogens with zero attached hydrogens (tertiary/aromatic N) is 4. The number of amides is 1. The van der Waals surface area contributed by atoms with Crippen LogP contribution in [0.1, 0.15) is 43.9 Å². The molecule has 1 aliphatic carbocycles. The number of likely N-dealkylation sites (tertiary alicyclic amines) is 1. The summed E-state index contributed by atoms with van der Waals surface area (Å²) in [7, 11) is 0. The highest BCUT2D eigenvalue weighted by molar-refractivity contribution is 5.80. The van der Waals surface area contributed by atoms with Crippen LogP contribution in [0.4, 0.5) is 0 Å². The molecule has 1 amide bonds. The normalized spacial score (nSPS) is 21.7. The van der Waals surface area contributed by atoms with Crippen LogP contribution >= 0.6 is 0 Å². The summed E-state index contributed by atoms with van der Waals surface area (Å²) in [4.78, 5) is 26.2. The molecule has 128 valence electrons. The first-order valence-corrected chi connectivity index (χ1v) is 8.84. The Morgan fingerprint density at radius 3 is 3.00 bits per heavy atom. The Kier molecular flexibility index (Phi) is 3.33. The van der Waals surface area contributed by atoms with Crippen LogP contribution in [0.25, 0.3) is 22.4 Å². The van der Waals surface area contributed by atoms with Crippen molar-refractivity contribution in [2.24, 2.45) is 0 Å². The molecule has 0 bridgehead atoms. The lowest BCUT2D eigenvalue weighted by Crippen LogP contribution is -2.34. The van der Waals surface area contributed by atoms with Gasteiger partial charge in [-0.25, -0.2) is 4.98 Å². The number of hydrogen-bond donors (Lipinski definition) is 1. The van der Waals surface area contributed by atoms with Gasteiger partial charge in [0, 0.05) is 24.6 Å². The van der Waals surface area contributed by atoms with Gasteiger partial charge < -0.3 is 14.4 Å². The summed E-state index contributed by atoms with van der Waals surface area (Å²) in [5.74, 6) is 1.34. The van der Waals surface area contributed by atoms with Crippen LogP contribution in [0.15, 0.2) is 29.0 Å². The molecule has 1 saturated carbocycles. The monoisotopic (exact) mass is 337 g/mol. The third-order valence-electron chi connectivity index (χ3n) is 5.39. The van der Waals surface area contributed by atoms with Crippen molar-refractivity contribution in [3.63, 3.8) is 0 Å². The number of rotatable bonds is 3. The molecule has 1 atom stereocenters. The molecular formula is C18H19N5O2. The molecular weight excluding hydrogens is 318 g/mol. The zero-order valence-corrected chi connectivity index (χ0v) is 13.8. The number of carbonyl (C=O) groups excluding carboxylic acids is 1. The van der Waals surface area contributed by atoms with E-state index in [-0.39, 0.29) is 11.8 Å². The van der Waals surface area contributed by atoms with Crippen LogP contribution in [0, 0.1) is 0 Å². The Morgan fingerprint density at radius 2 is 2.12 bits per heavy atom. The molecule has 2 fully saturated rings. The van der Waals surface area contributed by atoms with Gasteiger partial charge in [0.25, 0.3) is 0 Å². The van der Waals surface area contributed by atoms with Crippen molar-refractivity contribution in [3.8, 4) is 11.4 Å². The number of hydrogen-bond acceptors (Lipinski definition) is 5. The predicted octanol–water partition coefficient (Wildman–Crippen LogP) is 2.87. The van der Waals surface area contributed by atoms with E-state index in [2.05, 4.69) is 20.1 Å². The second-order valence-electron chi connectivity index (χ2n) is 6.98. The van der Waals surface area contributed by atoms with Crippen LogP contribution < -0.4 is 0 Å². The van der Waals surface area contributed by atoms with Crippen molar-refractivity contribution in [1.82, 2.24) is 25.0 Å². The van der Waals surface area contributed by atoms with E-state index < -0.39 is 0 Å². The molecule has 3 heterocycles. The van der Waals surface area contributed by atoms with Crippen molar-refractivity contribution >= 4 is 16.9 Å². The Balaban J connectivity index is 1.38. The van der Waals surface area contributed by atoms with Crippen LogP contribution in [0.3, 0.4) is 0 Å². The van der Waals surface area contributed by atoms with Gasteiger partial charge in [0.05, 0.1) is 23.3 Å². The fourth-order valence-corrected chi connectivity index (χ4v) is 4.06. The van der Waals surface area contributed by atoms with E-state index in [1.54, 1.807) is 6.33 Å². The number of aromatic amines is 1. The van der Waals surface area contributed by atoms with Crippen molar-refractivity contribution in [2.45, 2.75) is 44.1 Å². The average Bonchev–Trinajstić information content (AvgIpc) is 3.39. The van der Waals surface area contributed by atoms with E-state index in [0.717, 1.165) is 29.4 Å². The highest BCUT2D eigenvalue weighted by atomic mass is 16.5. The van der Waals surface area contributed by atoms with Gasteiger partial charge in [0.2, 0.25) is 17.6 Å². The van der Waals surface area contributed by atoms with Gasteiger partial charge in [-0.05, 0) is 31.0 Å². The second-order valence-corrected chi connectivity index (χ2v) is 6.98. The molecule has 25 heavy (non-hydrogen) atoms. The summed E-state index contributed by atoms with van der Waals surface area (Å²) < 4.78 is 5.49. The van der Waals surface area contributed by atoms with Gasteiger partial charge in [-0.2, -0.15) is 4.98 Å².